The Morgan fingerprint density at radius 2 is 1.88 bits per heavy atom. The summed E-state index contributed by atoms with van der Waals surface area (Å²) in [6.07, 6.45) is 6.85. The third kappa shape index (κ3) is 3.25. The van der Waals surface area contributed by atoms with Crippen molar-refractivity contribution in [2.75, 3.05) is 13.3 Å². The normalized spacial score (nSPS) is 17.3. The van der Waals surface area contributed by atoms with Crippen LogP contribution in [0.2, 0.25) is 0 Å². The van der Waals surface area contributed by atoms with Gasteiger partial charge >= 0.3 is 0 Å². The van der Waals surface area contributed by atoms with Gasteiger partial charge in [0.2, 0.25) is 12.7 Å². The lowest BCUT2D eigenvalue weighted by atomic mass is 9.64. The first-order valence-electron chi connectivity index (χ1n) is 8.66. The Labute approximate surface area is 147 Å². The second kappa shape index (κ2) is 6.63. The molecule has 2 aliphatic rings. The van der Waals surface area contributed by atoms with Crippen molar-refractivity contribution >= 4 is 12.0 Å². The predicted octanol–water partition coefficient (Wildman–Crippen LogP) is 3.67. The minimum atomic E-state index is -0.0696. The topological polar surface area (TPSA) is 47.6 Å². The van der Waals surface area contributed by atoms with Crippen LogP contribution in [0.1, 0.15) is 30.4 Å². The molecule has 0 radical (unpaired) electrons. The van der Waals surface area contributed by atoms with E-state index in [1.807, 2.05) is 24.3 Å². The maximum atomic E-state index is 12.2. The third-order valence-electron chi connectivity index (χ3n) is 5.12. The average Bonchev–Trinajstić information content (AvgIpc) is 3.08. The fraction of sp³-hybridized carbons (Fsp3) is 0.286. The van der Waals surface area contributed by atoms with Crippen LogP contribution in [0.5, 0.6) is 11.5 Å². The number of fused-ring (bicyclic) bond motifs is 1. The molecule has 1 amide bonds. The van der Waals surface area contributed by atoms with E-state index < -0.39 is 0 Å². The molecule has 4 rings (SSSR count). The van der Waals surface area contributed by atoms with Crippen molar-refractivity contribution in [2.24, 2.45) is 0 Å². The number of benzene rings is 2. The zero-order valence-corrected chi connectivity index (χ0v) is 14.0. The standard InChI is InChI=1S/C21H21NO3/c23-20(10-8-16-7-9-18-19(13-16)25-15-24-18)22-14-21(11-4-12-21)17-5-2-1-3-6-17/h1-3,5-10,13H,4,11-12,14-15H2,(H,22,23). The van der Waals surface area contributed by atoms with Crippen LogP contribution in [0.4, 0.5) is 0 Å². The molecular formula is C21H21NO3. The lowest BCUT2D eigenvalue weighted by Crippen LogP contribution is -2.45. The monoisotopic (exact) mass is 335 g/mol. The van der Waals surface area contributed by atoms with Crippen molar-refractivity contribution in [2.45, 2.75) is 24.7 Å². The van der Waals surface area contributed by atoms with Crippen LogP contribution in [0.15, 0.2) is 54.6 Å². The Balaban J connectivity index is 1.37. The van der Waals surface area contributed by atoms with Crippen LogP contribution >= 0.6 is 0 Å². The number of hydrogen-bond acceptors (Lipinski definition) is 3. The molecule has 0 saturated heterocycles. The van der Waals surface area contributed by atoms with Gasteiger partial charge in [-0.15, -0.1) is 0 Å². The van der Waals surface area contributed by atoms with E-state index in [-0.39, 0.29) is 18.1 Å². The van der Waals surface area contributed by atoms with Gasteiger partial charge in [-0.3, -0.25) is 4.79 Å². The second-order valence-electron chi connectivity index (χ2n) is 6.66. The van der Waals surface area contributed by atoms with Gasteiger partial charge in [0.25, 0.3) is 0 Å². The SMILES string of the molecule is O=C(C=Cc1ccc2c(c1)OCO2)NCC1(c2ccccc2)CCC1. The van der Waals surface area contributed by atoms with Gasteiger partial charge < -0.3 is 14.8 Å². The number of amides is 1. The summed E-state index contributed by atoms with van der Waals surface area (Å²) in [4.78, 5) is 12.2. The fourth-order valence-corrected chi connectivity index (χ4v) is 3.47. The minimum absolute atomic E-state index is 0.0696. The number of carbonyl (C=O) groups is 1. The van der Waals surface area contributed by atoms with E-state index in [9.17, 15) is 4.79 Å². The Morgan fingerprint density at radius 1 is 1.08 bits per heavy atom. The Bertz CT molecular complexity index is 794. The smallest absolute Gasteiger partial charge is 0.244 e. The number of carbonyl (C=O) groups excluding carboxylic acids is 1. The summed E-state index contributed by atoms with van der Waals surface area (Å²) < 4.78 is 10.6. The highest BCUT2D eigenvalue weighted by Gasteiger charge is 2.38. The molecular weight excluding hydrogens is 314 g/mol. The van der Waals surface area contributed by atoms with Crippen molar-refractivity contribution in [3.63, 3.8) is 0 Å². The maximum Gasteiger partial charge on any atom is 0.244 e. The number of rotatable bonds is 5. The van der Waals surface area contributed by atoms with Crippen LogP contribution in [0, 0.1) is 0 Å². The summed E-state index contributed by atoms with van der Waals surface area (Å²) >= 11 is 0. The first kappa shape index (κ1) is 15.8. The van der Waals surface area contributed by atoms with E-state index in [2.05, 4.69) is 29.6 Å². The van der Waals surface area contributed by atoms with Crippen molar-refractivity contribution in [1.82, 2.24) is 5.32 Å². The summed E-state index contributed by atoms with van der Waals surface area (Å²) in [5.41, 5.74) is 2.34. The van der Waals surface area contributed by atoms with Crippen LogP contribution in [0.3, 0.4) is 0 Å². The zero-order valence-electron chi connectivity index (χ0n) is 14.0. The molecule has 0 bridgehead atoms. The molecule has 1 saturated carbocycles. The van der Waals surface area contributed by atoms with E-state index in [4.69, 9.17) is 9.47 Å². The predicted molar refractivity (Wildman–Crippen MR) is 96.6 cm³/mol. The zero-order chi connectivity index (χ0) is 17.1. The van der Waals surface area contributed by atoms with E-state index in [0.717, 1.165) is 29.9 Å². The summed E-state index contributed by atoms with van der Waals surface area (Å²) in [7, 11) is 0. The lowest BCUT2D eigenvalue weighted by Gasteiger charge is -2.42. The van der Waals surface area contributed by atoms with E-state index in [0.29, 0.717) is 6.54 Å². The molecule has 1 N–H and O–H groups in total. The Morgan fingerprint density at radius 3 is 2.64 bits per heavy atom. The Hall–Kier alpha value is -2.75. The highest BCUT2D eigenvalue weighted by molar-refractivity contribution is 5.91. The molecule has 1 heterocycles. The number of nitrogens with one attached hydrogen (secondary N) is 1. The van der Waals surface area contributed by atoms with Crippen LogP contribution in [-0.4, -0.2) is 19.2 Å². The molecule has 1 aliphatic carbocycles. The molecule has 0 atom stereocenters. The minimum Gasteiger partial charge on any atom is -0.454 e. The molecule has 0 spiro atoms. The first-order valence-corrected chi connectivity index (χ1v) is 8.66. The number of ether oxygens (including phenoxy) is 2. The number of hydrogen-bond donors (Lipinski definition) is 1. The van der Waals surface area contributed by atoms with Crippen molar-refractivity contribution < 1.29 is 14.3 Å². The van der Waals surface area contributed by atoms with Crippen LogP contribution < -0.4 is 14.8 Å². The quantitative estimate of drug-likeness (QED) is 0.848. The fourth-order valence-electron chi connectivity index (χ4n) is 3.47. The van der Waals surface area contributed by atoms with Gasteiger partial charge in [-0.05, 0) is 42.2 Å². The van der Waals surface area contributed by atoms with Gasteiger partial charge in [-0.25, -0.2) is 0 Å². The second-order valence-corrected chi connectivity index (χ2v) is 6.66. The van der Waals surface area contributed by atoms with E-state index in [1.165, 1.54) is 12.0 Å². The summed E-state index contributed by atoms with van der Waals surface area (Å²) in [5, 5.41) is 3.06. The maximum absolute atomic E-state index is 12.2. The molecule has 1 aliphatic heterocycles. The molecule has 25 heavy (non-hydrogen) atoms. The van der Waals surface area contributed by atoms with Gasteiger partial charge in [0.1, 0.15) is 0 Å². The summed E-state index contributed by atoms with van der Waals surface area (Å²) in [6, 6.07) is 16.1. The van der Waals surface area contributed by atoms with Crippen molar-refractivity contribution in [3.05, 3.63) is 65.7 Å². The van der Waals surface area contributed by atoms with Gasteiger partial charge in [0.15, 0.2) is 11.5 Å². The highest BCUT2D eigenvalue weighted by Crippen LogP contribution is 2.43. The van der Waals surface area contributed by atoms with Gasteiger partial charge in [-0.2, -0.15) is 0 Å². The molecule has 1 fully saturated rings. The molecule has 128 valence electrons. The van der Waals surface area contributed by atoms with Gasteiger partial charge in [0, 0.05) is 18.0 Å². The first-order chi connectivity index (χ1) is 12.3. The molecule has 2 aromatic carbocycles. The molecule has 4 heteroatoms. The largest absolute Gasteiger partial charge is 0.454 e. The third-order valence-corrected chi connectivity index (χ3v) is 5.12. The van der Waals surface area contributed by atoms with Gasteiger partial charge in [-0.1, -0.05) is 42.8 Å². The molecule has 2 aromatic rings. The molecule has 0 unspecified atom stereocenters. The molecule has 4 nitrogen and oxygen atoms in total. The summed E-state index contributed by atoms with van der Waals surface area (Å²) in [5.74, 6) is 1.40. The van der Waals surface area contributed by atoms with Crippen LogP contribution in [0.25, 0.3) is 6.08 Å². The Kier molecular flexibility index (Phi) is 4.18. The van der Waals surface area contributed by atoms with E-state index >= 15 is 0 Å². The van der Waals surface area contributed by atoms with Crippen molar-refractivity contribution in [3.8, 4) is 11.5 Å². The lowest BCUT2D eigenvalue weighted by molar-refractivity contribution is -0.116. The highest BCUT2D eigenvalue weighted by atomic mass is 16.7. The van der Waals surface area contributed by atoms with Crippen LogP contribution in [-0.2, 0) is 10.2 Å². The average molecular weight is 335 g/mol. The van der Waals surface area contributed by atoms with E-state index in [1.54, 1.807) is 12.2 Å². The van der Waals surface area contributed by atoms with Gasteiger partial charge in [0.05, 0.1) is 0 Å². The summed E-state index contributed by atoms with van der Waals surface area (Å²) in [6.45, 7) is 0.936. The molecule has 0 aromatic heterocycles. The van der Waals surface area contributed by atoms with Crippen molar-refractivity contribution in [1.29, 1.82) is 0 Å².